The van der Waals surface area contributed by atoms with Gasteiger partial charge in [0.1, 0.15) is 5.75 Å². The molecule has 0 amide bonds. The van der Waals surface area contributed by atoms with Crippen molar-refractivity contribution in [3.8, 4) is 5.75 Å². The molecule has 1 atom stereocenters. The van der Waals surface area contributed by atoms with Gasteiger partial charge in [0.25, 0.3) is 0 Å². The summed E-state index contributed by atoms with van der Waals surface area (Å²) in [7, 11) is 0. The zero-order valence-electron chi connectivity index (χ0n) is 11.5. The van der Waals surface area contributed by atoms with Gasteiger partial charge >= 0.3 is 0 Å². The van der Waals surface area contributed by atoms with Crippen molar-refractivity contribution in [2.75, 3.05) is 5.32 Å². The van der Waals surface area contributed by atoms with E-state index in [0.29, 0.717) is 10.0 Å². The lowest BCUT2D eigenvalue weighted by atomic mass is 10.0. The molecule has 0 fully saturated rings. The van der Waals surface area contributed by atoms with E-state index >= 15 is 0 Å². The lowest BCUT2D eigenvalue weighted by Gasteiger charge is -2.20. The maximum Gasteiger partial charge on any atom is 0.120 e. The summed E-state index contributed by atoms with van der Waals surface area (Å²) >= 11 is 12.2. The Hall–Kier alpha value is -1.38. The fraction of sp³-hybridized carbons (Fsp3) is 0.250. The maximum absolute atomic E-state index is 9.76. The normalized spacial score (nSPS) is 12.2. The summed E-state index contributed by atoms with van der Waals surface area (Å²) in [6.07, 6.45) is 0.871. The third-order valence-electron chi connectivity index (χ3n) is 3.30. The monoisotopic (exact) mass is 309 g/mol. The van der Waals surface area contributed by atoms with Gasteiger partial charge in [-0.2, -0.15) is 0 Å². The second-order valence-electron chi connectivity index (χ2n) is 4.77. The molecule has 0 aromatic heterocycles. The number of anilines is 1. The van der Waals surface area contributed by atoms with Gasteiger partial charge in [0.15, 0.2) is 0 Å². The number of hydrogen-bond acceptors (Lipinski definition) is 2. The van der Waals surface area contributed by atoms with Crippen LogP contribution < -0.4 is 5.32 Å². The second kappa shape index (κ2) is 6.38. The van der Waals surface area contributed by atoms with E-state index < -0.39 is 0 Å². The van der Waals surface area contributed by atoms with Gasteiger partial charge in [-0.05, 0) is 42.7 Å². The van der Waals surface area contributed by atoms with Crippen LogP contribution in [0.3, 0.4) is 0 Å². The van der Waals surface area contributed by atoms with Crippen molar-refractivity contribution >= 4 is 28.9 Å². The van der Waals surface area contributed by atoms with Crippen LogP contribution in [0.2, 0.25) is 10.0 Å². The standard InChI is InChI=1S/C16H17Cl2NO/c1-3-15(13-7-5-11(17)8-14(13)18)19-12-6-4-10(2)16(20)9-12/h4-9,15,19-20H,3H2,1-2H3. The molecule has 2 aromatic carbocycles. The summed E-state index contributed by atoms with van der Waals surface area (Å²) in [5, 5.41) is 14.4. The molecule has 1 unspecified atom stereocenters. The first-order valence-electron chi connectivity index (χ1n) is 6.52. The van der Waals surface area contributed by atoms with Crippen LogP contribution >= 0.6 is 23.2 Å². The van der Waals surface area contributed by atoms with E-state index in [2.05, 4.69) is 12.2 Å². The SMILES string of the molecule is CCC(Nc1ccc(C)c(O)c1)c1ccc(Cl)cc1Cl. The summed E-state index contributed by atoms with van der Waals surface area (Å²) in [4.78, 5) is 0. The largest absolute Gasteiger partial charge is 0.508 e. The molecule has 2 N–H and O–H groups in total. The summed E-state index contributed by atoms with van der Waals surface area (Å²) in [5.41, 5.74) is 2.72. The lowest BCUT2D eigenvalue weighted by molar-refractivity contribution is 0.471. The maximum atomic E-state index is 9.76. The molecule has 0 spiro atoms. The van der Waals surface area contributed by atoms with Crippen LogP contribution in [0.25, 0.3) is 0 Å². The number of benzene rings is 2. The molecule has 106 valence electrons. The van der Waals surface area contributed by atoms with Crippen molar-refractivity contribution in [3.05, 3.63) is 57.6 Å². The topological polar surface area (TPSA) is 32.3 Å². The van der Waals surface area contributed by atoms with E-state index in [9.17, 15) is 5.11 Å². The first-order valence-corrected chi connectivity index (χ1v) is 7.28. The van der Waals surface area contributed by atoms with Gasteiger partial charge in [0, 0.05) is 21.8 Å². The van der Waals surface area contributed by atoms with Crippen molar-refractivity contribution < 1.29 is 5.11 Å². The van der Waals surface area contributed by atoms with E-state index in [1.807, 2.05) is 31.2 Å². The van der Waals surface area contributed by atoms with Crippen LogP contribution in [0.1, 0.15) is 30.5 Å². The van der Waals surface area contributed by atoms with E-state index in [-0.39, 0.29) is 11.8 Å². The predicted octanol–water partition coefficient (Wildman–Crippen LogP) is 5.57. The Morgan fingerprint density at radius 3 is 2.50 bits per heavy atom. The van der Waals surface area contributed by atoms with Crippen molar-refractivity contribution in [3.63, 3.8) is 0 Å². The minimum Gasteiger partial charge on any atom is -0.508 e. The van der Waals surface area contributed by atoms with Crippen LogP contribution in [-0.4, -0.2) is 5.11 Å². The summed E-state index contributed by atoms with van der Waals surface area (Å²) in [6.45, 7) is 3.95. The molecular weight excluding hydrogens is 293 g/mol. The number of aryl methyl sites for hydroxylation is 1. The van der Waals surface area contributed by atoms with Crippen LogP contribution in [0.4, 0.5) is 5.69 Å². The second-order valence-corrected chi connectivity index (χ2v) is 5.62. The number of halogens is 2. The average molecular weight is 310 g/mol. The smallest absolute Gasteiger partial charge is 0.120 e. The van der Waals surface area contributed by atoms with E-state index in [1.165, 1.54) is 0 Å². The molecule has 0 radical (unpaired) electrons. The molecule has 0 saturated carbocycles. The van der Waals surface area contributed by atoms with Crippen LogP contribution in [0.15, 0.2) is 36.4 Å². The first kappa shape index (κ1) is 15.0. The van der Waals surface area contributed by atoms with Crippen LogP contribution in [0, 0.1) is 6.92 Å². The number of phenolic OH excluding ortho intramolecular Hbond substituents is 1. The molecule has 2 rings (SSSR count). The summed E-state index contributed by atoms with van der Waals surface area (Å²) in [6, 6.07) is 11.1. The fourth-order valence-electron chi connectivity index (χ4n) is 2.08. The Bertz CT molecular complexity index is 613. The third-order valence-corrected chi connectivity index (χ3v) is 3.86. The zero-order chi connectivity index (χ0) is 14.7. The van der Waals surface area contributed by atoms with E-state index in [0.717, 1.165) is 23.2 Å². The number of rotatable bonds is 4. The highest BCUT2D eigenvalue weighted by atomic mass is 35.5. The number of phenols is 1. The summed E-state index contributed by atoms with van der Waals surface area (Å²) in [5.74, 6) is 0.284. The fourth-order valence-corrected chi connectivity index (χ4v) is 2.62. The van der Waals surface area contributed by atoms with Crippen molar-refractivity contribution in [2.45, 2.75) is 26.3 Å². The van der Waals surface area contributed by atoms with Crippen molar-refractivity contribution in [2.24, 2.45) is 0 Å². The van der Waals surface area contributed by atoms with Crippen LogP contribution in [0.5, 0.6) is 5.75 Å². The van der Waals surface area contributed by atoms with Gasteiger partial charge in [-0.1, -0.05) is 42.3 Å². The number of hydrogen-bond donors (Lipinski definition) is 2. The summed E-state index contributed by atoms with van der Waals surface area (Å²) < 4.78 is 0. The minimum absolute atomic E-state index is 0.0712. The van der Waals surface area contributed by atoms with Gasteiger partial charge in [0.05, 0.1) is 6.04 Å². The minimum atomic E-state index is 0.0712. The van der Waals surface area contributed by atoms with Gasteiger partial charge in [-0.3, -0.25) is 0 Å². The predicted molar refractivity (Wildman–Crippen MR) is 86.0 cm³/mol. The molecule has 2 nitrogen and oxygen atoms in total. The number of nitrogens with one attached hydrogen (secondary N) is 1. The Morgan fingerprint density at radius 2 is 1.90 bits per heavy atom. The molecule has 0 bridgehead atoms. The Morgan fingerprint density at radius 1 is 1.15 bits per heavy atom. The van der Waals surface area contributed by atoms with Crippen molar-refractivity contribution in [1.29, 1.82) is 0 Å². The molecule has 0 aliphatic carbocycles. The van der Waals surface area contributed by atoms with Crippen molar-refractivity contribution in [1.82, 2.24) is 0 Å². The van der Waals surface area contributed by atoms with E-state index in [1.54, 1.807) is 12.1 Å². The van der Waals surface area contributed by atoms with E-state index in [4.69, 9.17) is 23.2 Å². The Kier molecular flexibility index (Phi) is 4.79. The van der Waals surface area contributed by atoms with Gasteiger partial charge in [-0.15, -0.1) is 0 Å². The average Bonchev–Trinajstić information content (AvgIpc) is 2.41. The third kappa shape index (κ3) is 3.38. The first-order chi connectivity index (χ1) is 9.51. The lowest BCUT2D eigenvalue weighted by Crippen LogP contribution is -2.10. The molecule has 2 aromatic rings. The molecule has 4 heteroatoms. The quantitative estimate of drug-likeness (QED) is 0.773. The molecule has 0 aliphatic heterocycles. The highest BCUT2D eigenvalue weighted by molar-refractivity contribution is 6.35. The molecular formula is C16H17Cl2NO. The van der Waals surface area contributed by atoms with Gasteiger partial charge in [-0.25, -0.2) is 0 Å². The molecule has 0 saturated heterocycles. The van der Waals surface area contributed by atoms with Crippen LogP contribution in [-0.2, 0) is 0 Å². The number of aromatic hydroxyl groups is 1. The molecule has 0 aliphatic rings. The highest BCUT2D eigenvalue weighted by Gasteiger charge is 2.13. The Labute approximate surface area is 129 Å². The molecule has 0 heterocycles. The highest BCUT2D eigenvalue weighted by Crippen LogP contribution is 2.31. The van der Waals surface area contributed by atoms with Gasteiger partial charge in [0.2, 0.25) is 0 Å². The Balaban J connectivity index is 2.26. The molecule has 20 heavy (non-hydrogen) atoms. The zero-order valence-corrected chi connectivity index (χ0v) is 13.0. The van der Waals surface area contributed by atoms with Gasteiger partial charge < -0.3 is 10.4 Å².